The minimum absolute atomic E-state index is 0.0874. The highest BCUT2D eigenvalue weighted by molar-refractivity contribution is 5.81. The molecule has 0 aliphatic heterocycles. The monoisotopic (exact) mass is 229 g/mol. The van der Waals surface area contributed by atoms with Crippen LogP contribution in [0.1, 0.15) is 27.7 Å². The van der Waals surface area contributed by atoms with E-state index in [1.54, 1.807) is 27.7 Å². The van der Waals surface area contributed by atoms with Crippen molar-refractivity contribution in [3.05, 3.63) is 12.7 Å². The number of hydrogen-bond donors (Lipinski definition) is 1. The van der Waals surface area contributed by atoms with Crippen LogP contribution in [0, 0.1) is 0 Å². The Balaban J connectivity index is 3.87. The Labute approximate surface area is 95.8 Å². The maximum Gasteiger partial charge on any atom is 0.407 e. The van der Waals surface area contributed by atoms with Crippen LogP contribution in [0.15, 0.2) is 12.7 Å². The fourth-order valence-corrected chi connectivity index (χ4v) is 0.816. The van der Waals surface area contributed by atoms with Gasteiger partial charge in [-0.15, -0.1) is 0 Å². The summed E-state index contributed by atoms with van der Waals surface area (Å²) in [5.74, 6) is -0.516. The maximum absolute atomic E-state index is 11.3. The molecule has 92 valence electrons. The number of rotatable bonds is 4. The number of hydrogen-bond acceptors (Lipinski definition) is 4. The molecule has 0 radical (unpaired) electrons. The third-order valence-electron chi connectivity index (χ3n) is 1.41. The first-order valence-corrected chi connectivity index (χ1v) is 5.03. The largest absolute Gasteiger partial charge is 0.460 e. The second-order valence-electron chi connectivity index (χ2n) is 4.38. The predicted molar refractivity (Wildman–Crippen MR) is 60.0 cm³/mol. The van der Waals surface area contributed by atoms with Gasteiger partial charge in [-0.2, -0.15) is 0 Å². The van der Waals surface area contributed by atoms with E-state index < -0.39 is 17.7 Å². The normalized spacial score (nSPS) is 12.5. The van der Waals surface area contributed by atoms with E-state index in [2.05, 4.69) is 11.9 Å². The van der Waals surface area contributed by atoms with E-state index >= 15 is 0 Å². The van der Waals surface area contributed by atoms with Gasteiger partial charge < -0.3 is 14.8 Å². The number of amides is 1. The number of esters is 1. The van der Waals surface area contributed by atoms with Gasteiger partial charge in [0.25, 0.3) is 0 Å². The summed E-state index contributed by atoms with van der Waals surface area (Å²) in [5.41, 5.74) is -0.540. The fraction of sp³-hybridized carbons (Fsp3) is 0.636. The third-order valence-corrected chi connectivity index (χ3v) is 1.41. The molecule has 1 atom stereocenters. The number of ether oxygens (including phenoxy) is 2. The van der Waals surface area contributed by atoms with Crippen LogP contribution in [-0.4, -0.2) is 30.3 Å². The average molecular weight is 229 g/mol. The van der Waals surface area contributed by atoms with Crippen LogP contribution < -0.4 is 5.32 Å². The summed E-state index contributed by atoms with van der Waals surface area (Å²) in [6.45, 7) is 10.4. The number of carbonyl (C=O) groups excluding carboxylic acids is 2. The lowest BCUT2D eigenvalue weighted by Crippen LogP contribution is -2.40. The third kappa shape index (κ3) is 7.84. The summed E-state index contributed by atoms with van der Waals surface area (Å²) in [4.78, 5) is 22.0. The molecule has 0 saturated heterocycles. The van der Waals surface area contributed by atoms with Crippen LogP contribution in [0.25, 0.3) is 0 Å². The lowest BCUT2D eigenvalue weighted by Gasteiger charge is -2.21. The Morgan fingerprint density at radius 3 is 2.44 bits per heavy atom. The molecule has 16 heavy (non-hydrogen) atoms. The Kier molecular flexibility index (Phi) is 5.56. The van der Waals surface area contributed by atoms with E-state index in [9.17, 15) is 9.59 Å². The number of alkyl carbamates (subject to hydrolysis) is 1. The quantitative estimate of drug-likeness (QED) is 0.587. The van der Waals surface area contributed by atoms with Gasteiger partial charge in [0.15, 0.2) is 0 Å². The Hall–Kier alpha value is -1.52. The highest BCUT2D eigenvalue weighted by Gasteiger charge is 2.17. The van der Waals surface area contributed by atoms with Crippen LogP contribution in [0.5, 0.6) is 0 Å². The van der Waals surface area contributed by atoms with Crippen LogP contribution in [0.2, 0.25) is 0 Å². The lowest BCUT2D eigenvalue weighted by atomic mass is 10.2. The second kappa shape index (κ2) is 6.15. The number of nitrogens with one attached hydrogen (secondary N) is 1. The molecule has 1 amide bonds. The molecule has 5 heteroatoms. The van der Waals surface area contributed by atoms with Crippen molar-refractivity contribution in [3.8, 4) is 0 Å². The van der Waals surface area contributed by atoms with E-state index in [0.717, 1.165) is 6.08 Å². The van der Waals surface area contributed by atoms with Gasteiger partial charge >= 0.3 is 12.1 Å². The minimum atomic E-state index is -0.540. The molecule has 0 aliphatic rings. The van der Waals surface area contributed by atoms with Crippen molar-refractivity contribution < 1.29 is 19.1 Å². The molecule has 0 fully saturated rings. The van der Waals surface area contributed by atoms with Crippen molar-refractivity contribution in [3.63, 3.8) is 0 Å². The van der Waals surface area contributed by atoms with Crippen molar-refractivity contribution in [1.82, 2.24) is 5.32 Å². The van der Waals surface area contributed by atoms with Crippen molar-refractivity contribution in [2.45, 2.75) is 39.3 Å². The van der Waals surface area contributed by atoms with Crippen molar-refractivity contribution in [2.24, 2.45) is 0 Å². The summed E-state index contributed by atoms with van der Waals surface area (Å²) in [7, 11) is 0. The van der Waals surface area contributed by atoms with E-state index in [1.165, 1.54) is 0 Å². The molecule has 0 saturated carbocycles. The first-order valence-electron chi connectivity index (χ1n) is 5.03. The van der Waals surface area contributed by atoms with E-state index in [1.807, 2.05) is 0 Å². The van der Waals surface area contributed by atoms with Gasteiger partial charge in [0.2, 0.25) is 0 Å². The summed E-state index contributed by atoms with van der Waals surface area (Å²) in [5, 5.41) is 2.54. The fourth-order valence-electron chi connectivity index (χ4n) is 0.816. The van der Waals surface area contributed by atoms with Gasteiger partial charge in [-0.1, -0.05) is 6.58 Å². The van der Waals surface area contributed by atoms with Gasteiger partial charge in [0.1, 0.15) is 12.2 Å². The first-order chi connectivity index (χ1) is 7.24. The number of carbonyl (C=O) groups is 2. The van der Waals surface area contributed by atoms with Gasteiger partial charge in [-0.05, 0) is 27.7 Å². The molecule has 1 unspecified atom stereocenters. The van der Waals surface area contributed by atoms with Crippen molar-refractivity contribution in [2.75, 3.05) is 6.61 Å². The highest BCUT2D eigenvalue weighted by Crippen LogP contribution is 2.06. The van der Waals surface area contributed by atoms with E-state index in [-0.39, 0.29) is 12.6 Å². The zero-order valence-electron chi connectivity index (χ0n) is 10.2. The Bertz CT molecular complexity index is 268. The second-order valence-corrected chi connectivity index (χ2v) is 4.38. The topological polar surface area (TPSA) is 64.6 Å². The molecule has 0 bridgehead atoms. The SMILES string of the molecule is C=CC(=O)OCC(C)NC(=O)OC(C)(C)C. The zero-order valence-corrected chi connectivity index (χ0v) is 10.2. The van der Waals surface area contributed by atoms with Gasteiger partial charge in [0.05, 0.1) is 6.04 Å². The van der Waals surface area contributed by atoms with Crippen LogP contribution in [0.3, 0.4) is 0 Å². The van der Waals surface area contributed by atoms with Gasteiger partial charge in [-0.3, -0.25) is 0 Å². The van der Waals surface area contributed by atoms with Gasteiger partial charge in [0, 0.05) is 6.08 Å². The van der Waals surface area contributed by atoms with Crippen LogP contribution >= 0.6 is 0 Å². The Morgan fingerprint density at radius 1 is 1.44 bits per heavy atom. The summed E-state index contributed by atoms with van der Waals surface area (Å²) in [6, 6.07) is -0.307. The van der Waals surface area contributed by atoms with E-state index in [0.29, 0.717) is 0 Å². The predicted octanol–water partition coefficient (Wildman–Crippen LogP) is 1.63. The highest BCUT2D eigenvalue weighted by atomic mass is 16.6. The molecule has 1 N–H and O–H groups in total. The molecule has 0 aromatic rings. The summed E-state index contributed by atoms with van der Waals surface area (Å²) >= 11 is 0. The van der Waals surface area contributed by atoms with Crippen molar-refractivity contribution in [1.29, 1.82) is 0 Å². The summed E-state index contributed by atoms with van der Waals surface area (Å²) in [6.07, 6.45) is 0.537. The zero-order chi connectivity index (χ0) is 12.8. The minimum Gasteiger partial charge on any atom is -0.460 e. The molecule has 0 aromatic heterocycles. The molecule has 0 heterocycles. The molecular formula is C11H19NO4. The standard InChI is InChI=1S/C11H19NO4/c1-6-9(13)15-7-8(2)12-10(14)16-11(3,4)5/h6,8H,1,7H2,2-5H3,(H,12,14). The van der Waals surface area contributed by atoms with Crippen molar-refractivity contribution >= 4 is 12.1 Å². The molecule has 0 spiro atoms. The van der Waals surface area contributed by atoms with Crippen LogP contribution in [0.4, 0.5) is 4.79 Å². The van der Waals surface area contributed by atoms with E-state index in [4.69, 9.17) is 9.47 Å². The first kappa shape index (κ1) is 14.5. The summed E-state index contributed by atoms with van der Waals surface area (Å²) < 4.78 is 9.79. The lowest BCUT2D eigenvalue weighted by molar-refractivity contribution is -0.138. The Morgan fingerprint density at radius 2 is 2.00 bits per heavy atom. The molecule has 0 rings (SSSR count). The average Bonchev–Trinajstić information content (AvgIpc) is 2.10. The van der Waals surface area contributed by atoms with Crippen LogP contribution in [-0.2, 0) is 14.3 Å². The smallest absolute Gasteiger partial charge is 0.407 e. The maximum atomic E-state index is 11.3. The molecule has 0 aliphatic carbocycles. The molecule has 5 nitrogen and oxygen atoms in total. The molecular weight excluding hydrogens is 210 g/mol. The van der Waals surface area contributed by atoms with Gasteiger partial charge in [-0.25, -0.2) is 9.59 Å². The molecule has 0 aromatic carbocycles.